The molecule has 0 unspecified atom stereocenters. The Labute approximate surface area is 105 Å². The number of hydrogen-bond donors (Lipinski definition) is 1. The molecule has 1 saturated heterocycles. The molecule has 1 aromatic carbocycles. The molecule has 1 aliphatic rings. The van der Waals surface area contributed by atoms with Crippen molar-refractivity contribution in [2.75, 3.05) is 6.54 Å². The van der Waals surface area contributed by atoms with Crippen molar-refractivity contribution in [1.29, 1.82) is 0 Å². The molecular weight excluding hydrogens is 218 g/mol. The van der Waals surface area contributed by atoms with E-state index in [9.17, 15) is 0 Å². The van der Waals surface area contributed by atoms with Crippen molar-refractivity contribution < 1.29 is 0 Å². The van der Waals surface area contributed by atoms with Gasteiger partial charge in [0.25, 0.3) is 0 Å². The van der Waals surface area contributed by atoms with E-state index >= 15 is 0 Å². The second-order valence-corrected chi connectivity index (χ2v) is 4.83. The number of rotatable bonds is 1. The molecule has 0 aromatic heterocycles. The fraction of sp³-hybridized carbons (Fsp3) is 0.571. The van der Waals surface area contributed by atoms with Gasteiger partial charge in [0.1, 0.15) is 0 Å². The zero-order chi connectivity index (χ0) is 11.2. The lowest BCUT2D eigenvalue weighted by atomic mass is 9.83. The maximum atomic E-state index is 3.52. The van der Waals surface area contributed by atoms with Crippen LogP contribution in [0, 0.1) is 34.6 Å². The molecule has 90 valence electrons. The first-order valence-corrected chi connectivity index (χ1v) is 5.84. The third kappa shape index (κ3) is 1.87. The van der Waals surface area contributed by atoms with Gasteiger partial charge in [-0.2, -0.15) is 0 Å². The van der Waals surface area contributed by atoms with E-state index in [2.05, 4.69) is 39.9 Å². The van der Waals surface area contributed by atoms with Gasteiger partial charge in [0, 0.05) is 6.04 Å². The second kappa shape index (κ2) is 4.77. The molecule has 1 aromatic rings. The van der Waals surface area contributed by atoms with Gasteiger partial charge in [-0.3, -0.25) is 0 Å². The zero-order valence-electron chi connectivity index (χ0n) is 10.9. The first-order chi connectivity index (χ1) is 7.04. The molecule has 1 heterocycles. The highest BCUT2D eigenvalue weighted by molar-refractivity contribution is 5.85. The molecular formula is C14H22ClN. The van der Waals surface area contributed by atoms with Crippen LogP contribution in [0.4, 0.5) is 0 Å². The van der Waals surface area contributed by atoms with Crippen LogP contribution in [0.25, 0.3) is 0 Å². The Balaban J connectivity index is 0.00000128. The lowest BCUT2D eigenvalue weighted by Crippen LogP contribution is -2.36. The standard InChI is InChI=1S/C14H21N.ClH/c1-8-9(2)11(4)14(12(5)10(8)3)13-6-7-15-13;/h13,15H,6-7H2,1-5H3;1H/t13-;/m0./s1. The van der Waals surface area contributed by atoms with Gasteiger partial charge in [-0.25, -0.2) is 0 Å². The molecule has 0 amide bonds. The summed E-state index contributed by atoms with van der Waals surface area (Å²) in [6, 6.07) is 0.614. The smallest absolute Gasteiger partial charge is 0.0337 e. The maximum absolute atomic E-state index is 3.52. The number of hydrogen-bond acceptors (Lipinski definition) is 1. The van der Waals surface area contributed by atoms with Crippen molar-refractivity contribution >= 4 is 12.4 Å². The van der Waals surface area contributed by atoms with Crippen LogP contribution >= 0.6 is 12.4 Å². The first kappa shape index (κ1) is 13.5. The summed E-state index contributed by atoms with van der Waals surface area (Å²) in [6.45, 7) is 12.4. The Hall–Kier alpha value is -0.530. The van der Waals surface area contributed by atoms with Gasteiger partial charge in [0.05, 0.1) is 0 Å². The summed E-state index contributed by atoms with van der Waals surface area (Å²) in [5.74, 6) is 0. The molecule has 16 heavy (non-hydrogen) atoms. The van der Waals surface area contributed by atoms with Crippen molar-refractivity contribution in [1.82, 2.24) is 5.32 Å². The zero-order valence-corrected chi connectivity index (χ0v) is 11.7. The molecule has 1 N–H and O–H groups in total. The van der Waals surface area contributed by atoms with Gasteiger partial charge in [0.2, 0.25) is 0 Å². The van der Waals surface area contributed by atoms with Crippen LogP contribution in [0.2, 0.25) is 0 Å². The van der Waals surface area contributed by atoms with Crippen molar-refractivity contribution in [3.63, 3.8) is 0 Å². The quantitative estimate of drug-likeness (QED) is 0.788. The van der Waals surface area contributed by atoms with Crippen LogP contribution < -0.4 is 5.32 Å². The van der Waals surface area contributed by atoms with Crippen LogP contribution in [-0.4, -0.2) is 6.54 Å². The van der Waals surface area contributed by atoms with Crippen molar-refractivity contribution in [3.05, 3.63) is 33.4 Å². The molecule has 0 spiro atoms. The third-order valence-electron chi connectivity index (χ3n) is 4.23. The minimum Gasteiger partial charge on any atom is -0.310 e. The van der Waals surface area contributed by atoms with E-state index in [1.54, 1.807) is 5.56 Å². The summed E-state index contributed by atoms with van der Waals surface area (Å²) in [6.07, 6.45) is 1.30. The predicted octanol–water partition coefficient (Wildman–Crippen LogP) is 3.68. The van der Waals surface area contributed by atoms with Gasteiger partial charge in [-0.05, 0) is 81.0 Å². The Morgan fingerprint density at radius 2 is 1.19 bits per heavy atom. The van der Waals surface area contributed by atoms with Gasteiger partial charge in [-0.1, -0.05) is 0 Å². The average Bonchev–Trinajstić information content (AvgIpc) is 2.15. The van der Waals surface area contributed by atoms with Crippen molar-refractivity contribution in [2.45, 2.75) is 47.1 Å². The van der Waals surface area contributed by atoms with E-state index in [4.69, 9.17) is 0 Å². The second-order valence-electron chi connectivity index (χ2n) is 4.83. The van der Waals surface area contributed by atoms with Gasteiger partial charge in [-0.15, -0.1) is 12.4 Å². The molecule has 1 fully saturated rings. The highest BCUT2D eigenvalue weighted by atomic mass is 35.5. The Morgan fingerprint density at radius 3 is 1.50 bits per heavy atom. The Kier molecular flexibility index (Phi) is 4.03. The van der Waals surface area contributed by atoms with Crippen LogP contribution in [-0.2, 0) is 0 Å². The predicted molar refractivity (Wildman–Crippen MR) is 72.7 cm³/mol. The van der Waals surface area contributed by atoms with E-state index in [1.807, 2.05) is 0 Å². The lowest BCUT2D eigenvalue weighted by Gasteiger charge is -2.32. The topological polar surface area (TPSA) is 12.0 Å². The summed E-state index contributed by atoms with van der Waals surface area (Å²) in [4.78, 5) is 0. The van der Waals surface area contributed by atoms with Gasteiger partial charge >= 0.3 is 0 Å². The van der Waals surface area contributed by atoms with Crippen LogP contribution in [0.15, 0.2) is 0 Å². The lowest BCUT2D eigenvalue weighted by molar-refractivity contribution is 0.380. The van der Waals surface area contributed by atoms with Gasteiger partial charge < -0.3 is 5.32 Å². The first-order valence-electron chi connectivity index (χ1n) is 5.84. The molecule has 0 aliphatic carbocycles. The monoisotopic (exact) mass is 239 g/mol. The summed E-state index contributed by atoms with van der Waals surface area (Å²) in [5.41, 5.74) is 8.96. The largest absolute Gasteiger partial charge is 0.310 e. The van der Waals surface area contributed by atoms with E-state index in [0.29, 0.717) is 6.04 Å². The summed E-state index contributed by atoms with van der Waals surface area (Å²) < 4.78 is 0. The minimum absolute atomic E-state index is 0. The Bertz CT molecular complexity index is 377. The van der Waals surface area contributed by atoms with E-state index < -0.39 is 0 Å². The highest BCUT2D eigenvalue weighted by Gasteiger charge is 2.24. The summed E-state index contributed by atoms with van der Waals surface area (Å²) in [7, 11) is 0. The number of halogens is 1. The van der Waals surface area contributed by atoms with Crippen molar-refractivity contribution in [3.8, 4) is 0 Å². The van der Waals surface area contributed by atoms with Crippen LogP contribution in [0.5, 0.6) is 0 Å². The molecule has 1 atom stereocenters. The van der Waals surface area contributed by atoms with Gasteiger partial charge in [0.15, 0.2) is 0 Å². The number of nitrogens with one attached hydrogen (secondary N) is 1. The molecule has 0 bridgehead atoms. The molecule has 1 nitrogen and oxygen atoms in total. The van der Waals surface area contributed by atoms with Crippen LogP contribution in [0.3, 0.4) is 0 Å². The number of benzene rings is 1. The van der Waals surface area contributed by atoms with Crippen LogP contribution in [0.1, 0.15) is 45.8 Å². The molecule has 1 aliphatic heterocycles. The van der Waals surface area contributed by atoms with E-state index in [-0.39, 0.29) is 12.4 Å². The van der Waals surface area contributed by atoms with E-state index in [0.717, 1.165) is 0 Å². The summed E-state index contributed by atoms with van der Waals surface area (Å²) in [5, 5.41) is 3.52. The van der Waals surface area contributed by atoms with E-state index in [1.165, 1.54) is 40.8 Å². The third-order valence-corrected chi connectivity index (χ3v) is 4.23. The summed E-state index contributed by atoms with van der Waals surface area (Å²) >= 11 is 0. The normalized spacial score (nSPS) is 18.9. The fourth-order valence-corrected chi connectivity index (χ4v) is 2.59. The molecule has 0 radical (unpaired) electrons. The Morgan fingerprint density at radius 1 is 0.812 bits per heavy atom. The minimum atomic E-state index is 0. The molecule has 2 heteroatoms. The molecule has 2 rings (SSSR count). The SMILES string of the molecule is Cc1c(C)c(C)c([C@@H]2CCN2)c(C)c1C.Cl. The maximum Gasteiger partial charge on any atom is 0.0337 e. The highest BCUT2D eigenvalue weighted by Crippen LogP contribution is 2.34. The van der Waals surface area contributed by atoms with Crippen molar-refractivity contribution in [2.24, 2.45) is 0 Å². The average molecular weight is 240 g/mol. The fourth-order valence-electron chi connectivity index (χ4n) is 2.59. The molecule has 0 saturated carbocycles.